The second-order valence-corrected chi connectivity index (χ2v) is 5.54. The zero-order chi connectivity index (χ0) is 16.5. The van der Waals surface area contributed by atoms with Crippen molar-refractivity contribution in [3.05, 3.63) is 66.5 Å². The predicted octanol–water partition coefficient (Wildman–Crippen LogP) is 3.72. The molecule has 2 aromatic carbocycles. The molecule has 2 aromatic heterocycles. The molecule has 0 saturated carbocycles. The molecule has 2 heterocycles. The summed E-state index contributed by atoms with van der Waals surface area (Å²) in [7, 11) is 0. The summed E-state index contributed by atoms with van der Waals surface area (Å²) in [6.07, 6.45) is 4.54. The van der Waals surface area contributed by atoms with Crippen LogP contribution in [0.5, 0.6) is 0 Å². The molecule has 5 nitrogen and oxygen atoms in total. The Morgan fingerprint density at radius 3 is 2.62 bits per heavy atom. The predicted molar refractivity (Wildman–Crippen MR) is 93.4 cm³/mol. The molecule has 0 bridgehead atoms. The van der Waals surface area contributed by atoms with Crippen molar-refractivity contribution in [3.63, 3.8) is 0 Å². The fourth-order valence-corrected chi connectivity index (χ4v) is 2.94. The SMILES string of the molecule is CCn1c(-c2ccc(-n3cccn3)cc2)nc2ccc(C=O)cc21. The number of fused-ring (bicyclic) bond motifs is 1. The number of aryl methyl sites for hydroxylation is 1. The molecule has 118 valence electrons. The van der Waals surface area contributed by atoms with E-state index in [0.717, 1.165) is 40.9 Å². The van der Waals surface area contributed by atoms with Crippen LogP contribution in [0.4, 0.5) is 0 Å². The lowest BCUT2D eigenvalue weighted by molar-refractivity contribution is 0.112. The van der Waals surface area contributed by atoms with Gasteiger partial charge >= 0.3 is 0 Å². The third-order valence-electron chi connectivity index (χ3n) is 4.12. The summed E-state index contributed by atoms with van der Waals surface area (Å²) in [5, 5.41) is 4.24. The minimum Gasteiger partial charge on any atom is -0.324 e. The van der Waals surface area contributed by atoms with Gasteiger partial charge in [0.2, 0.25) is 0 Å². The zero-order valence-electron chi connectivity index (χ0n) is 13.3. The van der Waals surface area contributed by atoms with Crippen LogP contribution in [0.2, 0.25) is 0 Å². The van der Waals surface area contributed by atoms with Crippen LogP contribution in [0.15, 0.2) is 60.9 Å². The molecule has 0 saturated heterocycles. The largest absolute Gasteiger partial charge is 0.324 e. The van der Waals surface area contributed by atoms with Gasteiger partial charge in [-0.3, -0.25) is 4.79 Å². The van der Waals surface area contributed by atoms with Gasteiger partial charge in [0, 0.05) is 30.1 Å². The number of carbonyl (C=O) groups is 1. The molecule has 0 radical (unpaired) electrons. The van der Waals surface area contributed by atoms with Crippen molar-refractivity contribution < 1.29 is 4.79 Å². The Morgan fingerprint density at radius 2 is 1.96 bits per heavy atom. The molecule has 0 aliphatic rings. The molecule has 24 heavy (non-hydrogen) atoms. The first-order chi connectivity index (χ1) is 11.8. The van der Waals surface area contributed by atoms with Gasteiger partial charge in [-0.15, -0.1) is 0 Å². The van der Waals surface area contributed by atoms with Gasteiger partial charge in [0.1, 0.15) is 12.1 Å². The summed E-state index contributed by atoms with van der Waals surface area (Å²) in [5.41, 5.74) is 4.59. The quantitative estimate of drug-likeness (QED) is 0.539. The van der Waals surface area contributed by atoms with Gasteiger partial charge in [-0.25, -0.2) is 9.67 Å². The molecular weight excluding hydrogens is 300 g/mol. The van der Waals surface area contributed by atoms with Crippen molar-refractivity contribution >= 4 is 17.3 Å². The molecule has 0 aliphatic carbocycles. The Hall–Kier alpha value is -3.21. The Bertz CT molecular complexity index is 998. The molecule has 0 N–H and O–H groups in total. The highest BCUT2D eigenvalue weighted by Gasteiger charge is 2.12. The highest BCUT2D eigenvalue weighted by atomic mass is 16.1. The van der Waals surface area contributed by atoms with Crippen LogP contribution < -0.4 is 0 Å². The number of benzene rings is 2. The first-order valence-electron chi connectivity index (χ1n) is 7.86. The van der Waals surface area contributed by atoms with Crippen LogP contribution >= 0.6 is 0 Å². The van der Waals surface area contributed by atoms with Crippen molar-refractivity contribution in [1.82, 2.24) is 19.3 Å². The van der Waals surface area contributed by atoms with E-state index in [1.165, 1.54) is 0 Å². The van der Waals surface area contributed by atoms with Crippen molar-refractivity contribution in [2.75, 3.05) is 0 Å². The van der Waals surface area contributed by atoms with Gasteiger partial charge in [-0.1, -0.05) is 0 Å². The van der Waals surface area contributed by atoms with E-state index in [9.17, 15) is 4.79 Å². The van der Waals surface area contributed by atoms with E-state index in [4.69, 9.17) is 4.98 Å². The van der Waals surface area contributed by atoms with Crippen LogP contribution in [-0.2, 0) is 6.54 Å². The van der Waals surface area contributed by atoms with Crippen LogP contribution in [0, 0.1) is 0 Å². The first-order valence-corrected chi connectivity index (χ1v) is 7.86. The maximum Gasteiger partial charge on any atom is 0.150 e. The average molecular weight is 316 g/mol. The molecular formula is C19H16N4O. The number of hydrogen-bond donors (Lipinski definition) is 0. The lowest BCUT2D eigenvalue weighted by atomic mass is 10.2. The molecule has 5 heteroatoms. The van der Waals surface area contributed by atoms with Gasteiger partial charge in [0.25, 0.3) is 0 Å². The van der Waals surface area contributed by atoms with Crippen LogP contribution in [-0.4, -0.2) is 25.6 Å². The molecule has 0 atom stereocenters. The molecule has 0 unspecified atom stereocenters. The Labute approximate surface area is 139 Å². The Balaban J connectivity index is 1.82. The summed E-state index contributed by atoms with van der Waals surface area (Å²) in [6, 6.07) is 15.6. The topological polar surface area (TPSA) is 52.7 Å². The van der Waals surface area contributed by atoms with Crippen molar-refractivity contribution in [3.8, 4) is 17.1 Å². The molecule has 4 aromatic rings. The third-order valence-corrected chi connectivity index (χ3v) is 4.12. The molecule has 0 aliphatic heterocycles. The normalized spacial score (nSPS) is 11.0. The van der Waals surface area contributed by atoms with Gasteiger partial charge in [0.15, 0.2) is 0 Å². The summed E-state index contributed by atoms with van der Waals surface area (Å²) in [5.74, 6) is 0.905. The van der Waals surface area contributed by atoms with E-state index >= 15 is 0 Å². The number of nitrogens with zero attached hydrogens (tertiary/aromatic N) is 4. The lowest BCUT2D eigenvalue weighted by Gasteiger charge is -2.07. The second kappa shape index (κ2) is 5.77. The van der Waals surface area contributed by atoms with Crippen molar-refractivity contribution in [1.29, 1.82) is 0 Å². The minimum absolute atomic E-state index is 0.665. The van der Waals surface area contributed by atoms with Gasteiger partial charge in [-0.2, -0.15) is 5.10 Å². The number of hydrogen-bond acceptors (Lipinski definition) is 3. The number of carbonyl (C=O) groups excluding carboxylic acids is 1. The fourth-order valence-electron chi connectivity index (χ4n) is 2.94. The van der Waals surface area contributed by atoms with E-state index in [2.05, 4.69) is 16.6 Å². The van der Waals surface area contributed by atoms with Crippen molar-refractivity contribution in [2.45, 2.75) is 13.5 Å². The monoisotopic (exact) mass is 316 g/mol. The van der Waals surface area contributed by atoms with Crippen LogP contribution in [0.1, 0.15) is 17.3 Å². The number of aldehydes is 1. The van der Waals surface area contributed by atoms with E-state index < -0.39 is 0 Å². The van der Waals surface area contributed by atoms with Gasteiger partial charge < -0.3 is 4.57 Å². The minimum atomic E-state index is 0.665. The maximum atomic E-state index is 11.0. The summed E-state index contributed by atoms with van der Waals surface area (Å²) < 4.78 is 3.95. The Morgan fingerprint density at radius 1 is 1.12 bits per heavy atom. The van der Waals surface area contributed by atoms with Gasteiger partial charge in [0.05, 0.1) is 16.7 Å². The standard InChI is InChI=1S/C19H16N4O/c1-2-22-18-12-14(13-24)4-9-17(18)21-19(22)15-5-7-16(8-6-15)23-11-3-10-20-23/h3-13H,2H2,1H3. The number of imidazole rings is 1. The van der Waals surface area contributed by atoms with Gasteiger partial charge in [-0.05, 0) is 55.5 Å². The maximum absolute atomic E-state index is 11.0. The summed E-state index contributed by atoms with van der Waals surface area (Å²) in [4.78, 5) is 15.8. The first kappa shape index (κ1) is 14.4. The van der Waals surface area contributed by atoms with E-state index in [1.54, 1.807) is 12.3 Å². The van der Waals surface area contributed by atoms with E-state index in [1.807, 2.05) is 53.3 Å². The van der Waals surface area contributed by atoms with E-state index in [0.29, 0.717) is 5.56 Å². The smallest absolute Gasteiger partial charge is 0.150 e. The highest BCUT2D eigenvalue weighted by Crippen LogP contribution is 2.26. The van der Waals surface area contributed by atoms with Crippen LogP contribution in [0.25, 0.3) is 28.1 Å². The molecule has 0 fully saturated rings. The summed E-state index contributed by atoms with van der Waals surface area (Å²) in [6.45, 7) is 2.87. The third kappa shape index (κ3) is 2.31. The molecule has 0 amide bonds. The zero-order valence-corrected chi connectivity index (χ0v) is 13.3. The highest BCUT2D eigenvalue weighted by molar-refractivity contribution is 5.87. The molecule has 4 rings (SSSR count). The average Bonchev–Trinajstić information content (AvgIpc) is 3.28. The molecule has 0 spiro atoms. The van der Waals surface area contributed by atoms with Crippen molar-refractivity contribution in [2.24, 2.45) is 0 Å². The number of aromatic nitrogens is 4. The Kier molecular flexibility index (Phi) is 3.46. The second-order valence-electron chi connectivity index (χ2n) is 5.54. The fraction of sp³-hybridized carbons (Fsp3) is 0.105. The number of rotatable bonds is 4. The van der Waals surface area contributed by atoms with Crippen LogP contribution in [0.3, 0.4) is 0 Å². The van der Waals surface area contributed by atoms with E-state index in [-0.39, 0.29) is 0 Å². The summed E-state index contributed by atoms with van der Waals surface area (Å²) >= 11 is 0. The lowest BCUT2D eigenvalue weighted by Crippen LogP contribution is -1.98.